The van der Waals surface area contributed by atoms with Crippen LogP contribution >= 0.6 is 0 Å². The molecule has 2 aliphatic heterocycles. The van der Waals surface area contributed by atoms with E-state index in [1.165, 1.54) is 5.69 Å². The molecule has 1 fully saturated rings. The Balaban J connectivity index is 0.000000286. The first-order valence-electron chi connectivity index (χ1n) is 10.9. The number of carboxylic acids is 2. The van der Waals surface area contributed by atoms with Crippen LogP contribution in [0.15, 0.2) is 42.9 Å². The van der Waals surface area contributed by atoms with Gasteiger partial charge in [0.15, 0.2) is 0 Å². The van der Waals surface area contributed by atoms with Gasteiger partial charge in [-0.05, 0) is 37.1 Å². The van der Waals surface area contributed by atoms with Crippen LogP contribution in [0.4, 0.5) is 26.3 Å². The van der Waals surface area contributed by atoms with Crippen molar-refractivity contribution in [2.24, 2.45) is 0 Å². The molecular formula is C22H25F6N3O6. The number of hydrogen-bond donors (Lipinski definition) is 2. The van der Waals surface area contributed by atoms with E-state index in [-0.39, 0.29) is 6.10 Å². The summed E-state index contributed by atoms with van der Waals surface area (Å²) in [6.07, 6.45) is -2.09. The summed E-state index contributed by atoms with van der Waals surface area (Å²) in [5, 5.41) is 14.2. The maximum Gasteiger partial charge on any atom is 0.490 e. The number of alkyl halides is 6. The molecule has 1 atom stereocenters. The van der Waals surface area contributed by atoms with Crippen LogP contribution in [0, 0.1) is 0 Å². The topological polar surface area (TPSA) is 114 Å². The Bertz CT molecular complexity index is 969. The van der Waals surface area contributed by atoms with E-state index in [4.69, 9.17) is 29.3 Å². The molecule has 206 valence electrons. The highest BCUT2D eigenvalue weighted by atomic mass is 19.4. The zero-order valence-electron chi connectivity index (χ0n) is 19.3. The lowest BCUT2D eigenvalue weighted by atomic mass is 10.1. The Morgan fingerprint density at radius 3 is 2.08 bits per heavy atom. The molecule has 2 aromatic rings. The fourth-order valence-electron chi connectivity index (χ4n) is 3.59. The predicted molar refractivity (Wildman–Crippen MR) is 115 cm³/mol. The summed E-state index contributed by atoms with van der Waals surface area (Å²) in [5.41, 5.74) is 1.37. The molecule has 0 amide bonds. The molecule has 4 rings (SSSR count). The number of hydrogen-bond acceptors (Lipinski definition) is 6. The highest BCUT2D eigenvalue weighted by molar-refractivity contribution is 5.73. The van der Waals surface area contributed by atoms with Gasteiger partial charge in [-0.15, -0.1) is 0 Å². The summed E-state index contributed by atoms with van der Waals surface area (Å²) < 4.78 is 77.5. The first kappa shape index (κ1) is 29.9. The smallest absolute Gasteiger partial charge is 0.486 e. The second-order valence-electron chi connectivity index (χ2n) is 7.96. The molecule has 2 aliphatic rings. The average molecular weight is 541 g/mol. The number of aromatic nitrogens is 2. The lowest BCUT2D eigenvalue weighted by Crippen LogP contribution is -2.43. The predicted octanol–water partition coefficient (Wildman–Crippen LogP) is 3.59. The van der Waals surface area contributed by atoms with Gasteiger partial charge >= 0.3 is 24.3 Å². The van der Waals surface area contributed by atoms with Crippen molar-refractivity contribution in [1.82, 2.24) is 14.5 Å². The van der Waals surface area contributed by atoms with Crippen molar-refractivity contribution in [3.63, 3.8) is 0 Å². The standard InChI is InChI=1S/C18H23N3O2.2C2HF3O2/c1-4-17(11-19-7-1)23-18-13-20-8-2-3-16(20)12-21(14-18)15-5-9-22-10-6-15;2*3-2(4,5)1(6)7/h1-4,7-8,11,15,18H,5-6,9-10,12-14H2;2*(H,6,7). The largest absolute Gasteiger partial charge is 0.490 e. The van der Waals surface area contributed by atoms with E-state index in [1.54, 1.807) is 12.4 Å². The molecule has 0 bridgehead atoms. The van der Waals surface area contributed by atoms with Crippen LogP contribution < -0.4 is 4.74 Å². The number of ether oxygens (including phenoxy) is 2. The Morgan fingerprint density at radius 2 is 1.57 bits per heavy atom. The molecule has 9 nitrogen and oxygen atoms in total. The third kappa shape index (κ3) is 10.3. The van der Waals surface area contributed by atoms with Gasteiger partial charge in [0, 0.05) is 50.4 Å². The second-order valence-corrected chi connectivity index (χ2v) is 7.96. The molecule has 4 heterocycles. The minimum atomic E-state index is -5.08. The zero-order chi connectivity index (χ0) is 27.6. The first-order chi connectivity index (χ1) is 17.3. The van der Waals surface area contributed by atoms with Crippen molar-refractivity contribution >= 4 is 11.9 Å². The molecule has 1 saturated heterocycles. The SMILES string of the molecule is O=C(O)C(F)(F)F.O=C(O)C(F)(F)F.c1cncc(OC2CN(C3CCOCC3)Cc3cccn3C2)c1. The summed E-state index contributed by atoms with van der Waals surface area (Å²) in [5.74, 6) is -4.67. The number of rotatable bonds is 3. The fraction of sp³-hybridized carbons (Fsp3) is 0.500. The third-order valence-corrected chi connectivity index (χ3v) is 5.26. The number of fused-ring (bicyclic) bond motifs is 1. The molecule has 37 heavy (non-hydrogen) atoms. The number of carboxylic acid groups (broad SMARTS) is 2. The molecule has 15 heteroatoms. The highest BCUT2D eigenvalue weighted by Crippen LogP contribution is 2.23. The molecule has 0 spiro atoms. The minimum absolute atomic E-state index is 0.135. The van der Waals surface area contributed by atoms with Crippen LogP contribution in [0.1, 0.15) is 18.5 Å². The molecule has 2 N–H and O–H groups in total. The Labute approximate surface area is 207 Å². The van der Waals surface area contributed by atoms with Gasteiger partial charge in [0.2, 0.25) is 0 Å². The molecule has 1 unspecified atom stereocenters. The van der Waals surface area contributed by atoms with Crippen LogP contribution in [0.2, 0.25) is 0 Å². The summed E-state index contributed by atoms with van der Waals surface area (Å²) in [7, 11) is 0. The molecule has 2 aromatic heterocycles. The van der Waals surface area contributed by atoms with Gasteiger partial charge in [-0.1, -0.05) is 0 Å². The number of aliphatic carboxylic acids is 2. The van der Waals surface area contributed by atoms with Gasteiger partial charge in [0.25, 0.3) is 0 Å². The van der Waals surface area contributed by atoms with Crippen molar-refractivity contribution in [2.45, 2.75) is 50.4 Å². The summed E-state index contributed by atoms with van der Waals surface area (Å²) in [6.45, 7) is 4.56. The maximum atomic E-state index is 10.6. The average Bonchev–Trinajstić information content (AvgIpc) is 3.18. The molecule has 0 saturated carbocycles. The Kier molecular flexibility index (Phi) is 10.7. The van der Waals surface area contributed by atoms with E-state index in [9.17, 15) is 26.3 Å². The number of carbonyl (C=O) groups is 2. The number of nitrogens with zero attached hydrogens (tertiary/aromatic N) is 3. The number of halogens is 6. The molecular weight excluding hydrogens is 516 g/mol. The Hall–Kier alpha value is -3.33. The van der Waals surface area contributed by atoms with Crippen LogP contribution in [0.5, 0.6) is 5.75 Å². The van der Waals surface area contributed by atoms with Crippen molar-refractivity contribution in [2.75, 3.05) is 19.8 Å². The monoisotopic (exact) mass is 541 g/mol. The van der Waals surface area contributed by atoms with E-state index in [1.807, 2.05) is 12.1 Å². The van der Waals surface area contributed by atoms with Crippen molar-refractivity contribution in [3.8, 4) is 5.75 Å². The van der Waals surface area contributed by atoms with Gasteiger partial charge < -0.3 is 24.3 Å². The number of pyridine rings is 1. The quantitative estimate of drug-likeness (QED) is 0.567. The van der Waals surface area contributed by atoms with Crippen LogP contribution in [0.3, 0.4) is 0 Å². The minimum Gasteiger partial charge on any atom is -0.486 e. The van der Waals surface area contributed by atoms with Crippen molar-refractivity contribution in [1.29, 1.82) is 0 Å². The van der Waals surface area contributed by atoms with Gasteiger partial charge in [-0.2, -0.15) is 26.3 Å². The fourth-order valence-corrected chi connectivity index (χ4v) is 3.59. The summed E-state index contributed by atoms with van der Waals surface area (Å²) in [6, 6.07) is 8.84. The Morgan fingerprint density at radius 1 is 0.973 bits per heavy atom. The molecule has 0 aromatic carbocycles. The maximum absolute atomic E-state index is 10.6. The van der Waals surface area contributed by atoms with Crippen LogP contribution in [-0.4, -0.2) is 80.9 Å². The zero-order valence-corrected chi connectivity index (χ0v) is 19.3. The van der Waals surface area contributed by atoms with Crippen molar-refractivity contribution in [3.05, 3.63) is 48.5 Å². The summed E-state index contributed by atoms with van der Waals surface area (Å²) in [4.78, 5) is 24.5. The van der Waals surface area contributed by atoms with Crippen LogP contribution in [-0.2, 0) is 27.4 Å². The first-order valence-corrected chi connectivity index (χ1v) is 10.9. The second kappa shape index (κ2) is 13.3. The van der Waals surface area contributed by atoms with Gasteiger partial charge in [-0.25, -0.2) is 9.59 Å². The van der Waals surface area contributed by atoms with Crippen LogP contribution in [0.25, 0.3) is 0 Å². The van der Waals surface area contributed by atoms with Gasteiger partial charge in [0.05, 0.1) is 12.7 Å². The van der Waals surface area contributed by atoms with E-state index in [0.29, 0.717) is 6.04 Å². The summed E-state index contributed by atoms with van der Waals surface area (Å²) >= 11 is 0. The highest BCUT2D eigenvalue weighted by Gasteiger charge is 2.39. The van der Waals surface area contributed by atoms with E-state index in [0.717, 1.165) is 51.4 Å². The van der Waals surface area contributed by atoms with Crippen molar-refractivity contribution < 1.29 is 55.6 Å². The van der Waals surface area contributed by atoms with E-state index < -0.39 is 24.3 Å². The normalized spacial score (nSPS) is 18.7. The molecule has 0 radical (unpaired) electrons. The molecule has 0 aliphatic carbocycles. The van der Waals surface area contributed by atoms with E-state index >= 15 is 0 Å². The van der Waals surface area contributed by atoms with Gasteiger partial charge in [0.1, 0.15) is 11.9 Å². The lowest BCUT2D eigenvalue weighted by molar-refractivity contribution is -0.193. The van der Waals surface area contributed by atoms with Gasteiger partial charge in [-0.3, -0.25) is 9.88 Å². The van der Waals surface area contributed by atoms with E-state index in [2.05, 4.69) is 32.8 Å². The lowest BCUT2D eigenvalue weighted by Gasteiger charge is -2.34. The third-order valence-electron chi connectivity index (χ3n) is 5.26.